The van der Waals surface area contributed by atoms with Crippen molar-refractivity contribution in [3.05, 3.63) is 34.9 Å². The normalized spacial score (nSPS) is 10.6. The van der Waals surface area contributed by atoms with Crippen molar-refractivity contribution >= 4 is 40.9 Å². The Bertz CT molecular complexity index is 784. The van der Waals surface area contributed by atoms with Crippen molar-refractivity contribution < 1.29 is 18.7 Å². The fourth-order valence-electron chi connectivity index (χ4n) is 1.88. The molecule has 2 rings (SSSR count). The van der Waals surface area contributed by atoms with Crippen LogP contribution in [0, 0.1) is 5.82 Å². The number of amides is 1. The first-order valence-corrected chi connectivity index (χ1v) is 8.68. The van der Waals surface area contributed by atoms with Gasteiger partial charge in [0.05, 0.1) is 18.0 Å². The first kappa shape index (κ1) is 19.2. The van der Waals surface area contributed by atoms with E-state index in [9.17, 15) is 14.0 Å². The summed E-state index contributed by atoms with van der Waals surface area (Å²) in [6.07, 6.45) is -0.00216. The third kappa shape index (κ3) is 5.43. The quantitative estimate of drug-likeness (QED) is 0.581. The highest BCUT2D eigenvalue weighted by Gasteiger charge is 2.15. The van der Waals surface area contributed by atoms with E-state index >= 15 is 0 Å². The van der Waals surface area contributed by atoms with Crippen LogP contribution < -0.4 is 5.32 Å². The third-order valence-corrected chi connectivity index (χ3v) is 4.32. The Hall–Kier alpha value is -2.13. The molecule has 0 saturated carbocycles. The second-order valence-electron chi connectivity index (χ2n) is 4.90. The summed E-state index contributed by atoms with van der Waals surface area (Å²) >= 11 is 6.89. The number of thioether (sulfide) groups is 1. The predicted molar refractivity (Wildman–Crippen MR) is 92.1 cm³/mol. The van der Waals surface area contributed by atoms with Gasteiger partial charge in [-0.3, -0.25) is 9.59 Å². The van der Waals surface area contributed by atoms with Gasteiger partial charge in [-0.05, 0) is 25.1 Å². The number of aromatic nitrogens is 3. The number of rotatable bonds is 7. The van der Waals surface area contributed by atoms with Crippen LogP contribution >= 0.6 is 23.4 Å². The highest BCUT2D eigenvalue weighted by molar-refractivity contribution is 7.99. The molecule has 0 saturated heterocycles. The lowest BCUT2D eigenvalue weighted by molar-refractivity contribution is -0.142. The molecule has 0 atom stereocenters. The lowest BCUT2D eigenvalue weighted by Gasteiger charge is -2.07. The van der Waals surface area contributed by atoms with Gasteiger partial charge in [-0.1, -0.05) is 23.4 Å². The van der Waals surface area contributed by atoms with E-state index in [4.69, 9.17) is 16.3 Å². The number of anilines is 1. The summed E-state index contributed by atoms with van der Waals surface area (Å²) in [7, 11) is 1.69. The van der Waals surface area contributed by atoms with Gasteiger partial charge in [0, 0.05) is 12.1 Å². The van der Waals surface area contributed by atoms with Gasteiger partial charge in [-0.15, -0.1) is 10.2 Å². The van der Waals surface area contributed by atoms with E-state index in [-0.39, 0.29) is 17.9 Å². The van der Waals surface area contributed by atoms with Crippen molar-refractivity contribution in [1.29, 1.82) is 0 Å². The molecule has 1 amide bonds. The largest absolute Gasteiger partial charge is 0.466 e. The second-order valence-corrected chi connectivity index (χ2v) is 6.28. The Morgan fingerprint density at radius 3 is 2.88 bits per heavy atom. The van der Waals surface area contributed by atoms with Crippen LogP contribution in [0.15, 0.2) is 23.4 Å². The van der Waals surface area contributed by atoms with Crippen LogP contribution in [0.2, 0.25) is 5.02 Å². The summed E-state index contributed by atoms with van der Waals surface area (Å²) in [5.74, 6) is -0.956. The zero-order valence-corrected chi connectivity index (χ0v) is 15.2. The number of hydrogen-bond acceptors (Lipinski definition) is 6. The predicted octanol–water partition coefficient (Wildman–Crippen LogP) is 2.44. The molecule has 10 heteroatoms. The molecule has 134 valence electrons. The van der Waals surface area contributed by atoms with E-state index in [0.717, 1.165) is 11.8 Å². The van der Waals surface area contributed by atoms with Gasteiger partial charge < -0.3 is 14.6 Å². The Kier molecular flexibility index (Phi) is 6.77. The Morgan fingerprint density at radius 2 is 2.16 bits per heavy atom. The van der Waals surface area contributed by atoms with Crippen molar-refractivity contribution in [3.8, 4) is 0 Å². The molecule has 0 aliphatic carbocycles. The Morgan fingerprint density at radius 1 is 1.40 bits per heavy atom. The number of halogens is 2. The number of carbonyl (C=O) groups excluding carboxylic acids is 2. The minimum Gasteiger partial charge on any atom is -0.466 e. The smallest absolute Gasteiger partial charge is 0.313 e. The van der Waals surface area contributed by atoms with Gasteiger partial charge in [0.15, 0.2) is 5.16 Å². The molecule has 0 bridgehead atoms. The zero-order valence-electron chi connectivity index (χ0n) is 13.6. The van der Waals surface area contributed by atoms with Gasteiger partial charge in [0.1, 0.15) is 18.1 Å². The SMILES string of the molecule is CCOC(=O)Cc1nnc(SCC(=O)Nc2cc(Cl)ccc2F)n1C. The minimum atomic E-state index is -0.571. The maximum Gasteiger partial charge on any atom is 0.313 e. The summed E-state index contributed by atoms with van der Waals surface area (Å²) < 4.78 is 20.1. The molecular weight excluding hydrogens is 371 g/mol. The molecule has 0 aliphatic rings. The summed E-state index contributed by atoms with van der Waals surface area (Å²) in [6, 6.07) is 3.90. The van der Waals surface area contributed by atoms with E-state index < -0.39 is 17.7 Å². The minimum absolute atomic E-state index is 0.00216. The summed E-state index contributed by atoms with van der Waals surface area (Å²) in [5, 5.41) is 11.1. The van der Waals surface area contributed by atoms with E-state index in [2.05, 4.69) is 15.5 Å². The highest BCUT2D eigenvalue weighted by Crippen LogP contribution is 2.21. The standard InChI is InChI=1S/C15H16ClFN4O3S/c1-3-24-14(23)7-12-19-20-15(21(12)2)25-8-13(22)18-11-6-9(16)4-5-10(11)17/h4-6H,3,7-8H2,1-2H3,(H,18,22). The van der Waals surface area contributed by atoms with E-state index in [1.54, 1.807) is 18.5 Å². The highest BCUT2D eigenvalue weighted by atomic mass is 35.5. The fourth-order valence-corrected chi connectivity index (χ4v) is 2.78. The van der Waals surface area contributed by atoms with Crippen molar-refractivity contribution in [3.63, 3.8) is 0 Å². The first-order chi connectivity index (χ1) is 11.9. The van der Waals surface area contributed by atoms with Crippen LogP contribution in [0.1, 0.15) is 12.7 Å². The summed E-state index contributed by atoms with van der Waals surface area (Å²) in [4.78, 5) is 23.4. The number of nitrogens with one attached hydrogen (secondary N) is 1. The number of benzene rings is 1. The Balaban J connectivity index is 1.92. The van der Waals surface area contributed by atoms with Gasteiger partial charge in [-0.25, -0.2) is 4.39 Å². The molecule has 0 radical (unpaired) electrons. The van der Waals surface area contributed by atoms with Crippen molar-refractivity contribution in [2.45, 2.75) is 18.5 Å². The molecule has 2 aromatic rings. The van der Waals surface area contributed by atoms with Crippen molar-refractivity contribution in [2.75, 3.05) is 17.7 Å². The summed E-state index contributed by atoms with van der Waals surface area (Å²) in [6.45, 7) is 2.01. The van der Waals surface area contributed by atoms with E-state index in [0.29, 0.717) is 22.6 Å². The summed E-state index contributed by atoms with van der Waals surface area (Å²) in [5.41, 5.74) is 0.0130. The third-order valence-electron chi connectivity index (χ3n) is 3.07. The van der Waals surface area contributed by atoms with Crippen molar-refractivity contribution in [1.82, 2.24) is 14.8 Å². The number of ether oxygens (including phenoxy) is 1. The van der Waals surface area contributed by atoms with Gasteiger partial charge >= 0.3 is 5.97 Å². The number of nitrogens with zero attached hydrogens (tertiary/aromatic N) is 3. The Labute approximate surface area is 152 Å². The molecule has 25 heavy (non-hydrogen) atoms. The molecule has 1 aromatic carbocycles. The van der Waals surface area contributed by atoms with E-state index in [1.165, 1.54) is 18.2 Å². The lowest BCUT2D eigenvalue weighted by atomic mass is 10.3. The molecule has 0 unspecified atom stereocenters. The average molecular weight is 387 g/mol. The molecule has 1 N–H and O–H groups in total. The first-order valence-electron chi connectivity index (χ1n) is 7.32. The van der Waals surface area contributed by atoms with Gasteiger partial charge in [0.2, 0.25) is 5.91 Å². The van der Waals surface area contributed by atoms with Crippen LogP contribution in [-0.4, -0.2) is 39.0 Å². The monoisotopic (exact) mass is 386 g/mol. The zero-order chi connectivity index (χ0) is 18.4. The number of carbonyl (C=O) groups is 2. The van der Waals surface area contributed by atoms with Crippen LogP contribution in [-0.2, 0) is 27.8 Å². The van der Waals surface area contributed by atoms with E-state index in [1.807, 2.05) is 0 Å². The number of esters is 1. The van der Waals surface area contributed by atoms with Crippen molar-refractivity contribution in [2.24, 2.45) is 7.05 Å². The average Bonchev–Trinajstić information content (AvgIpc) is 2.89. The molecule has 0 aliphatic heterocycles. The number of hydrogen-bond donors (Lipinski definition) is 1. The molecule has 7 nitrogen and oxygen atoms in total. The fraction of sp³-hybridized carbons (Fsp3) is 0.333. The molecule has 0 fully saturated rings. The van der Waals surface area contributed by atoms with Crippen LogP contribution in [0.4, 0.5) is 10.1 Å². The lowest BCUT2D eigenvalue weighted by Crippen LogP contribution is -2.15. The molecule has 0 spiro atoms. The molecular formula is C15H16ClFN4O3S. The maximum atomic E-state index is 13.6. The molecule has 1 heterocycles. The van der Waals surface area contributed by atoms with Crippen LogP contribution in [0.5, 0.6) is 0 Å². The van der Waals surface area contributed by atoms with Gasteiger partial charge in [-0.2, -0.15) is 0 Å². The van der Waals surface area contributed by atoms with Gasteiger partial charge in [0.25, 0.3) is 0 Å². The second kappa shape index (κ2) is 8.82. The van der Waals surface area contributed by atoms with Crippen LogP contribution in [0.3, 0.4) is 0 Å². The maximum absolute atomic E-state index is 13.6. The molecule has 1 aromatic heterocycles. The van der Waals surface area contributed by atoms with Crippen LogP contribution in [0.25, 0.3) is 0 Å². The topological polar surface area (TPSA) is 86.1 Å².